The first-order chi connectivity index (χ1) is 63.5. The number of rotatable bonds is 21. The number of carbonyl (C=O) groups is 6. The van der Waals surface area contributed by atoms with Gasteiger partial charge in [0, 0.05) is 95.6 Å². The Morgan fingerprint density at radius 3 is 1.23 bits per heavy atom. The number of amides is 5. The Balaban J connectivity index is 0.000000193. The van der Waals surface area contributed by atoms with Crippen molar-refractivity contribution in [2.45, 2.75) is 152 Å². The third-order valence-electron chi connectivity index (χ3n) is 22.1. The molecule has 132 heavy (non-hydrogen) atoms. The van der Waals surface area contributed by atoms with E-state index in [1.165, 1.54) is 6.42 Å². The summed E-state index contributed by atoms with van der Waals surface area (Å²) in [5.41, 5.74) is 26.6. The molecule has 0 aliphatic carbocycles. The average molecular weight is 2130 g/mol. The number of epoxide rings is 2. The maximum absolute atomic E-state index is 13.2. The molecule has 18 rings (SSSR count). The number of phenolic OH excluding ortho intramolecular Hbond substituents is 1. The zero-order chi connectivity index (χ0) is 94.1. The third kappa shape index (κ3) is 33.9. The van der Waals surface area contributed by atoms with Gasteiger partial charge in [-0.1, -0.05) is 163 Å². The van der Waals surface area contributed by atoms with Gasteiger partial charge in [0.1, 0.15) is 103 Å². The van der Waals surface area contributed by atoms with Crippen LogP contribution >= 0.6 is 103 Å². The molecule has 9 heterocycles. The van der Waals surface area contributed by atoms with Gasteiger partial charge in [-0.15, -0.1) is 23.2 Å². The molecule has 0 aromatic heterocycles. The van der Waals surface area contributed by atoms with E-state index in [1.54, 1.807) is 46.2 Å². The number of aliphatic hydroxyl groups excluding tert-OH is 2. The number of carboxylic acid groups (broad SMARTS) is 1. The fourth-order valence-electron chi connectivity index (χ4n) is 14.7. The van der Waals surface area contributed by atoms with Crippen molar-refractivity contribution in [1.82, 2.24) is 31.1 Å². The summed E-state index contributed by atoms with van der Waals surface area (Å²) in [5.74, 6) is 2.28. The van der Waals surface area contributed by atoms with E-state index < -0.39 is 24.0 Å². The van der Waals surface area contributed by atoms with Gasteiger partial charge in [0.2, 0.25) is 29.5 Å². The topological polar surface area (TPSA) is 387 Å². The summed E-state index contributed by atoms with van der Waals surface area (Å²) in [4.78, 5) is 78.1. The number of para-hydroxylation sites is 6. The number of aliphatic carboxylic acids is 1. The number of hydrogen-bond acceptors (Lipinski definition) is 20. The minimum absolute atomic E-state index is 0. The molecule has 34 heteroatoms. The van der Waals surface area contributed by atoms with Gasteiger partial charge >= 0.3 is 24.8 Å². The first kappa shape index (κ1) is 109. The molecule has 5 amide bonds. The van der Waals surface area contributed by atoms with Crippen molar-refractivity contribution in [3.05, 3.63) is 285 Å². The second-order valence-electron chi connectivity index (χ2n) is 31.0. The zero-order valence-corrected chi connectivity index (χ0v) is 82.0. The van der Waals surface area contributed by atoms with Gasteiger partial charge in [-0.2, -0.15) is 6.42 Å². The number of ether oxygens (including phenoxy) is 7. The smallest absolute Gasteiger partial charge is 0.507 e. The van der Waals surface area contributed by atoms with E-state index in [0.29, 0.717) is 124 Å². The fraction of sp³-hybridized carbons (Fsp3) is 0.378. The summed E-state index contributed by atoms with van der Waals surface area (Å²) < 4.78 is 39.1. The fourth-order valence-corrected chi connectivity index (χ4v) is 16.2. The van der Waals surface area contributed by atoms with Crippen molar-refractivity contribution < 1.29 is 101 Å². The van der Waals surface area contributed by atoms with Gasteiger partial charge < -0.3 is 109 Å². The van der Waals surface area contributed by atoms with Crippen LogP contribution in [0.25, 0.3) is 0 Å². The van der Waals surface area contributed by atoms with Crippen LogP contribution in [0.1, 0.15) is 138 Å². The zero-order valence-electron chi connectivity index (χ0n) is 73.9. The molecule has 0 radical (unpaired) electrons. The van der Waals surface area contributed by atoms with Crippen LogP contribution in [0.2, 0.25) is 15.1 Å². The van der Waals surface area contributed by atoms with Crippen molar-refractivity contribution in [1.29, 1.82) is 0 Å². The van der Waals surface area contributed by atoms with Crippen LogP contribution in [0.5, 0.6) is 34.5 Å². The number of aromatic hydroxyl groups is 1. The largest absolute Gasteiger partial charge is 1.00 e. The van der Waals surface area contributed by atoms with E-state index in [4.69, 9.17) is 124 Å². The van der Waals surface area contributed by atoms with Crippen molar-refractivity contribution in [2.24, 2.45) is 17.2 Å². The number of hydrogen-bond donors (Lipinski definition) is 11. The molecule has 0 spiro atoms. The second kappa shape index (κ2) is 58.3. The van der Waals surface area contributed by atoms with Gasteiger partial charge in [-0.3, -0.25) is 28.8 Å². The van der Waals surface area contributed by atoms with Crippen LogP contribution in [-0.2, 0) is 77.5 Å². The Morgan fingerprint density at radius 1 is 0.492 bits per heavy atom. The first-order valence-corrected chi connectivity index (χ1v) is 47.7. The van der Waals surface area contributed by atoms with Gasteiger partial charge in [0.05, 0.1) is 51.6 Å². The minimum atomic E-state index is -0.819. The van der Waals surface area contributed by atoms with E-state index in [0.717, 1.165) is 138 Å². The molecular formula is C98H115Cl5I2LiN9O17. The quantitative estimate of drug-likeness (QED) is 0.0105. The predicted molar refractivity (Wildman–Crippen MR) is 526 cm³/mol. The number of fused-ring (bicyclic) bond motifs is 4. The molecule has 9 aromatic rings. The average Bonchev–Trinajstić information content (AvgIpc) is 1.65. The summed E-state index contributed by atoms with van der Waals surface area (Å²) in [6.07, 6.45) is 7.71. The maximum atomic E-state index is 13.2. The van der Waals surface area contributed by atoms with E-state index in [9.17, 15) is 28.8 Å². The minimum Gasteiger partial charge on any atom is -0.507 e. The Hall–Kier alpha value is -8.21. The summed E-state index contributed by atoms with van der Waals surface area (Å²) in [5, 5.41) is 48.8. The number of unbranched alkanes of at least 4 members (excludes halogenated alkanes) is 1. The second-order valence-corrected chi connectivity index (χ2v) is 35.5. The monoisotopic (exact) mass is 2130 g/mol. The molecule has 14 N–H and O–H groups in total. The van der Waals surface area contributed by atoms with Crippen molar-refractivity contribution in [3.8, 4) is 34.5 Å². The van der Waals surface area contributed by atoms with Crippen LogP contribution in [0.3, 0.4) is 0 Å². The molecule has 704 valence electrons. The molecule has 5 saturated heterocycles. The van der Waals surface area contributed by atoms with Gasteiger partial charge in [0.15, 0.2) is 0 Å². The number of carboxylic acids is 1. The molecule has 26 nitrogen and oxygen atoms in total. The van der Waals surface area contributed by atoms with Crippen molar-refractivity contribution >= 4 is 139 Å². The van der Waals surface area contributed by atoms with Crippen LogP contribution in [0, 0.1) is 14.1 Å². The molecule has 0 saturated carbocycles. The Bertz CT molecular complexity index is 4970. The number of aliphatic hydroxyl groups is 2. The number of nitrogens with one attached hydrogen (secondary N) is 4. The van der Waals surface area contributed by atoms with E-state index in [-0.39, 0.29) is 103 Å². The van der Waals surface area contributed by atoms with E-state index in [2.05, 4.69) is 85.0 Å². The third-order valence-corrected chi connectivity index (χ3v) is 24.6. The number of nitrogens with two attached hydrogens (primary N) is 3. The van der Waals surface area contributed by atoms with Crippen LogP contribution in [0.15, 0.2) is 200 Å². The molecule has 6 unspecified atom stereocenters. The number of nitrogens with zero attached hydrogens (tertiary/aromatic N) is 2. The molecule has 9 aliphatic rings. The maximum Gasteiger partial charge on any atom is 1.00 e. The SMILES string of the molecule is ClCCl.Ic1ccccc1OCC1CO1.NCc1ccc(Cl)cc1CNC(=O)[C@@H]1CCCN1.NCc1ccc(Cl)cc1CNC(=O)[C@@H]1CCCN1C(=O)C1COc2ccccc21.NCc1ccc(Cl)cc1CNC(=O)[C@@H]1CCCN1C(=O)C1COc2ccccc21.O=C(O)C1COc2ccccc21.OCC1CO1.OCC1COc2ccccc21.Oc1ccccc1I.[CH2-]CCC.[Li+]. The number of likely N-dealkylation sites (tertiary alicyclic amines) is 2. The summed E-state index contributed by atoms with van der Waals surface area (Å²) in [7, 11) is 0. The predicted octanol–water partition coefficient (Wildman–Crippen LogP) is 12.2. The number of alkyl halides is 2. The molecule has 9 atom stereocenters. The molecule has 5 fully saturated rings. The summed E-state index contributed by atoms with van der Waals surface area (Å²) in [6.45, 7) is 14.3. The molecule has 9 aliphatic heterocycles. The normalized spacial score (nSPS) is 19.1. The van der Waals surface area contributed by atoms with Crippen LogP contribution in [0.4, 0.5) is 0 Å². The number of halogens is 7. The van der Waals surface area contributed by atoms with E-state index in [1.807, 2.05) is 164 Å². The first-order valence-electron chi connectivity index (χ1n) is 43.4. The van der Waals surface area contributed by atoms with Crippen molar-refractivity contribution in [3.63, 3.8) is 0 Å². The summed E-state index contributed by atoms with van der Waals surface area (Å²) >= 11 is 32.0. The number of benzene rings is 9. The molecule has 0 bridgehead atoms. The van der Waals surface area contributed by atoms with Crippen molar-refractivity contribution in [2.75, 3.05) is 84.4 Å². The molecular weight excluding hydrogens is 2010 g/mol. The number of carbonyl (C=O) groups excluding carboxylic acids is 5. The van der Waals surface area contributed by atoms with Crippen LogP contribution < -0.4 is 81.0 Å². The van der Waals surface area contributed by atoms with Gasteiger partial charge in [0.25, 0.3) is 0 Å². The Morgan fingerprint density at radius 2 is 0.871 bits per heavy atom. The number of phenols is 1. The summed E-state index contributed by atoms with van der Waals surface area (Å²) in [6, 6.07) is 61.0. The standard InChI is InChI=1S/2C22H24ClN3O3.C13H18ClN3O.C9H9IO2.C9H8O3.C9H10O2.C6H5IO.C4H9.C3H6O2.CH2Cl2.Li/c2*23-16-8-7-14(11-24)15(10-16)12-25-21(27)19-5-3-9-26(19)22(28)18-13-29-20-6-2-1-4-17(18)20;14-11-4-3-9(7-15)10(6-11)8-17-13(18)12-2-1-5-16-12;10-8-3-1-2-4-9(8)12-6-7-5-11-7;10-9(11)7-5-12-8-4-2-1-3-6(7)8;10-5-7-6-11-9-4-2-1-3-8(7)9;7-5-3-1-2-4-6(5)8;1-3-4-2;4-1-3-2-5-3;2-1-3;/h2*1-2,4,6-8,10,18-19H,3,5,9,11-13,24H2,(H,25,27);3-4,6,12,16H,1-2,5,7-8,15H2,(H,17,18);1-4,7H,5-6H2;1-4,7H,5H2,(H,10,11);1-4,7,10H,5-6H2;1-4,8H;1,3-4H2,2H3;3-4H,1-2H2;1H2;/q;;;;;;;-1;;;+1/t2*18?,19-;12-;;;;;;;;/m000......../s1. The Kier molecular flexibility index (Phi) is 48.2. The van der Waals surface area contributed by atoms with Crippen LogP contribution in [-0.4, -0.2) is 180 Å². The van der Waals surface area contributed by atoms with Gasteiger partial charge in [-0.05, 0) is 209 Å². The van der Waals surface area contributed by atoms with E-state index >= 15 is 0 Å². The Labute approximate surface area is 836 Å². The van der Waals surface area contributed by atoms with Gasteiger partial charge in [-0.25, -0.2) is 0 Å². The molecule has 9 aromatic carbocycles.